The van der Waals surface area contributed by atoms with Crippen LogP contribution in [0.15, 0.2) is 12.4 Å². The number of aromatic nitrogens is 2. The highest BCUT2D eigenvalue weighted by Crippen LogP contribution is 2.32. The van der Waals surface area contributed by atoms with Gasteiger partial charge in [0.15, 0.2) is 0 Å². The smallest absolute Gasteiger partial charge is 0.225 e. The van der Waals surface area contributed by atoms with Crippen molar-refractivity contribution in [3.8, 4) is 0 Å². The molecule has 0 spiro atoms. The van der Waals surface area contributed by atoms with E-state index in [1.807, 2.05) is 11.8 Å². The summed E-state index contributed by atoms with van der Waals surface area (Å²) in [5.41, 5.74) is 0.942. The lowest BCUT2D eigenvalue weighted by atomic mass is 10.1. The monoisotopic (exact) mass is 276 g/mol. The highest BCUT2D eigenvalue weighted by atomic mass is 16.2. The van der Waals surface area contributed by atoms with Gasteiger partial charge in [0, 0.05) is 31.3 Å². The Kier molecular flexibility index (Phi) is 3.46. The number of nitrogens with zero attached hydrogens (tertiary/aromatic N) is 2. The summed E-state index contributed by atoms with van der Waals surface area (Å²) in [6, 6.07) is -0.0890. The fourth-order valence-corrected chi connectivity index (χ4v) is 2.65. The fraction of sp³-hybridized carbons (Fsp3) is 0.643. The SMILES string of the molecule is CC(NC(=O)C1CC(=O)N(CC2CC2)C1)c1cn[nH]c1. The Balaban J connectivity index is 1.53. The molecule has 1 aliphatic heterocycles. The van der Waals surface area contributed by atoms with Crippen LogP contribution in [0.25, 0.3) is 0 Å². The third-order valence-electron chi connectivity index (χ3n) is 4.14. The minimum absolute atomic E-state index is 0.0367. The Labute approximate surface area is 117 Å². The molecule has 1 aromatic heterocycles. The van der Waals surface area contributed by atoms with Crippen molar-refractivity contribution in [3.63, 3.8) is 0 Å². The second-order valence-corrected chi connectivity index (χ2v) is 5.91. The van der Waals surface area contributed by atoms with Crippen LogP contribution in [0.5, 0.6) is 0 Å². The normalized spacial score (nSPS) is 23.9. The van der Waals surface area contributed by atoms with Gasteiger partial charge in [-0.25, -0.2) is 0 Å². The molecule has 0 radical (unpaired) electrons. The molecule has 2 atom stereocenters. The first-order chi connectivity index (χ1) is 9.63. The van der Waals surface area contributed by atoms with Crippen LogP contribution in [-0.2, 0) is 9.59 Å². The largest absolute Gasteiger partial charge is 0.349 e. The Bertz CT molecular complexity index is 495. The number of likely N-dealkylation sites (tertiary alicyclic amines) is 1. The van der Waals surface area contributed by atoms with Gasteiger partial charge in [0.1, 0.15) is 0 Å². The molecule has 2 fully saturated rings. The van der Waals surface area contributed by atoms with E-state index in [-0.39, 0.29) is 23.8 Å². The number of carbonyl (C=O) groups excluding carboxylic acids is 2. The van der Waals surface area contributed by atoms with Crippen LogP contribution in [-0.4, -0.2) is 40.0 Å². The van der Waals surface area contributed by atoms with E-state index in [4.69, 9.17) is 0 Å². The van der Waals surface area contributed by atoms with Crippen LogP contribution in [0.3, 0.4) is 0 Å². The molecule has 2 amide bonds. The Hall–Kier alpha value is -1.85. The van der Waals surface area contributed by atoms with Gasteiger partial charge in [-0.2, -0.15) is 5.10 Å². The summed E-state index contributed by atoms with van der Waals surface area (Å²) < 4.78 is 0. The zero-order valence-electron chi connectivity index (χ0n) is 11.6. The lowest BCUT2D eigenvalue weighted by molar-refractivity contribution is -0.129. The number of amides is 2. The van der Waals surface area contributed by atoms with Crippen molar-refractivity contribution in [2.75, 3.05) is 13.1 Å². The van der Waals surface area contributed by atoms with Crippen molar-refractivity contribution in [1.82, 2.24) is 20.4 Å². The topological polar surface area (TPSA) is 78.1 Å². The molecule has 6 nitrogen and oxygen atoms in total. The van der Waals surface area contributed by atoms with Crippen LogP contribution in [0.1, 0.15) is 37.8 Å². The summed E-state index contributed by atoms with van der Waals surface area (Å²) in [5, 5.41) is 9.56. The summed E-state index contributed by atoms with van der Waals surface area (Å²) in [6.45, 7) is 3.32. The lowest BCUT2D eigenvalue weighted by Crippen LogP contribution is -2.34. The van der Waals surface area contributed by atoms with E-state index in [0.717, 1.165) is 12.1 Å². The van der Waals surface area contributed by atoms with E-state index >= 15 is 0 Å². The summed E-state index contributed by atoms with van der Waals surface area (Å²) in [7, 11) is 0. The minimum Gasteiger partial charge on any atom is -0.349 e. The van der Waals surface area contributed by atoms with Crippen molar-refractivity contribution in [2.24, 2.45) is 11.8 Å². The van der Waals surface area contributed by atoms with Gasteiger partial charge in [0.2, 0.25) is 11.8 Å². The standard InChI is InChI=1S/C14H20N4O2/c1-9(12-5-15-16-6-12)17-14(20)11-4-13(19)18(8-11)7-10-2-3-10/h5-6,9-11H,2-4,7-8H2,1H3,(H,15,16)(H,17,20). The predicted molar refractivity (Wildman–Crippen MR) is 72.6 cm³/mol. The van der Waals surface area contributed by atoms with Crippen molar-refractivity contribution < 1.29 is 9.59 Å². The molecule has 1 aromatic rings. The first-order valence-electron chi connectivity index (χ1n) is 7.20. The number of hydrogen-bond acceptors (Lipinski definition) is 3. The molecule has 0 aromatic carbocycles. The van der Waals surface area contributed by atoms with Crippen LogP contribution >= 0.6 is 0 Å². The number of rotatable bonds is 5. The van der Waals surface area contributed by atoms with Gasteiger partial charge in [-0.3, -0.25) is 14.7 Å². The molecule has 3 rings (SSSR count). The number of carbonyl (C=O) groups is 2. The van der Waals surface area contributed by atoms with Gasteiger partial charge in [-0.1, -0.05) is 0 Å². The van der Waals surface area contributed by atoms with Gasteiger partial charge in [0.25, 0.3) is 0 Å². The summed E-state index contributed by atoms with van der Waals surface area (Å²) in [4.78, 5) is 26.0. The van der Waals surface area contributed by atoms with Crippen molar-refractivity contribution in [3.05, 3.63) is 18.0 Å². The number of nitrogens with one attached hydrogen (secondary N) is 2. The van der Waals surface area contributed by atoms with E-state index < -0.39 is 0 Å². The molecule has 20 heavy (non-hydrogen) atoms. The quantitative estimate of drug-likeness (QED) is 0.836. The predicted octanol–water partition coefficient (Wildman–Crippen LogP) is 0.845. The maximum Gasteiger partial charge on any atom is 0.225 e. The molecule has 2 heterocycles. The van der Waals surface area contributed by atoms with Crippen LogP contribution in [0.2, 0.25) is 0 Å². The third-order valence-corrected chi connectivity index (χ3v) is 4.14. The average molecular weight is 276 g/mol. The second-order valence-electron chi connectivity index (χ2n) is 5.91. The van der Waals surface area contributed by atoms with E-state index in [0.29, 0.717) is 18.9 Å². The maximum absolute atomic E-state index is 12.2. The Morgan fingerprint density at radius 2 is 2.40 bits per heavy atom. The Morgan fingerprint density at radius 1 is 1.60 bits per heavy atom. The van der Waals surface area contributed by atoms with E-state index in [2.05, 4.69) is 15.5 Å². The zero-order chi connectivity index (χ0) is 14.1. The minimum atomic E-state index is -0.212. The number of H-pyrrole nitrogens is 1. The second kappa shape index (κ2) is 5.26. The molecule has 6 heteroatoms. The van der Waals surface area contributed by atoms with E-state index in [1.165, 1.54) is 12.8 Å². The van der Waals surface area contributed by atoms with Gasteiger partial charge >= 0.3 is 0 Å². The third kappa shape index (κ3) is 2.84. The summed E-state index contributed by atoms with van der Waals surface area (Å²) in [6.07, 6.45) is 6.25. The highest BCUT2D eigenvalue weighted by Gasteiger charge is 2.37. The van der Waals surface area contributed by atoms with E-state index in [1.54, 1.807) is 12.4 Å². The van der Waals surface area contributed by atoms with Gasteiger partial charge in [-0.05, 0) is 25.7 Å². The number of hydrogen-bond donors (Lipinski definition) is 2. The molecule has 1 aliphatic carbocycles. The maximum atomic E-state index is 12.2. The first kappa shape index (κ1) is 13.1. The summed E-state index contributed by atoms with van der Waals surface area (Å²) in [5.74, 6) is 0.541. The Morgan fingerprint density at radius 3 is 3.05 bits per heavy atom. The molecule has 1 saturated heterocycles. The van der Waals surface area contributed by atoms with Crippen LogP contribution in [0, 0.1) is 11.8 Å². The molecule has 1 saturated carbocycles. The van der Waals surface area contributed by atoms with Crippen LogP contribution < -0.4 is 5.32 Å². The van der Waals surface area contributed by atoms with Crippen molar-refractivity contribution in [2.45, 2.75) is 32.2 Å². The molecular weight excluding hydrogens is 256 g/mol. The molecule has 2 unspecified atom stereocenters. The first-order valence-corrected chi connectivity index (χ1v) is 7.20. The van der Waals surface area contributed by atoms with Crippen molar-refractivity contribution in [1.29, 1.82) is 0 Å². The highest BCUT2D eigenvalue weighted by molar-refractivity contribution is 5.89. The van der Waals surface area contributed by atoms with Crippen molar-refractivity contribution >= 4 is 11.8 Å². The molecule has 0 bridgehead atoms. The van der Waals surface area contributed by atoms with E-state index in [9.17, 15) is 9.59 Å². The molecule has 2 N–H and O–H groups in total. The summed E-state index contributed by atoms with van der Waals surface area (Å²) >= 11 is 0. The van der Waals surface area contributed by atoms with Crippen LogP contribution in [0.4, 0.5) is 0 Å². The van der Waals surface area contributed by atoms with Gasteiger partial charge in [0.05, 0.1) is 18.2 Å². The molecular formula is C14H20N4O2. The molecule has 108 valence electrons. The van der Waals surface area contributed by atoms with Gasteiger partial charge < -0.3 is 10.2 Å². The van der Waals surface area contributed by atoms with Gasteiger partial charge in [-0.15, -0.1) is 0 Å². The lowest BCUT2D eigenvalue weighted by Gasteiger charge is -2.17. The fourth-order valence-electron chi connectivity index (χ4n) is 2.65. The molecule has 2 aliphatic rings. The number of aromatic amines is 1. The zero-order valence-corrected chi connectivity index (χ0v) is 11.6. The average Bonchev–Trinajstić information content (AvgIpc) is 2.91.